The van der Waals surface area contributed by atoms with E-state index < -0.39 is 0 Å². The second kappa shape index (κ2) is 14.3. The van der Waals surface area contributed by atoms with Gasteiger partial charge >= 0.3 is 0 Å². The van der Waals surface area contributed by atoms with E-state index in [9.17, 15) is 0 Å². The lowest BCUT2D eigenvalue weighted by Crippen LogP contribution is -2.15. The summed E-state index contributed by atoms with van der Waals surface area (Å²) in [5.41, 5.74) is 20.5. The molecule has 0 amide bonds. The quantitative estimate of drug-likeness (QED) is 0.170. The molecule has 9 aromatic rings. The maximum absolute atomic E-state index is 5.28. The molecular weight excluding hydrogens is 715 g/mol. The Hall–Kier alpha value is -7.23. The molecule has 0 fully saturated rings. The average Bonchev–Trinajstić information content (AvgIpc) is 3.79. The highest BCUT2D eigenvalue weighted by Crippen LogP contribution is 2.50. The van der Waals surface area contributed by atoms with Gasteiger partial charge < -0.3 is 0 Å². The van der Waals surface area contributed by atoms with Crippen LogP contribution in [-0.2, 0) is 11.8 Å². The van der Waals surface area contributed by atoms with Crippen LogP contribution in [0.3, 0.4) is 0 Å². The van der Waals surface area contributed by atoms with E-state index in [-0.39, 0.29) is 12.8 Å². The van der Waals surface area contributed by atoms with E-state index in [0.717, 1.165) is 23.1 Å². The van der Waals surface area contributed by atoms with Gasteiger partial charge in [-0.3, -0.25) is 0 Å². The maximum atomic E-state index is 5.28. The van der Waals surface area contributed by atoms with E-state index in [1.54, 1.807) is 0 Å². The van der Waals surface area contributed by atoms with Crippen LogP contribution < -0.4 is 0 Å². The van der Waals surface area contributed by atoms with Crippen LogP contribution in [0.4, 0.5) is 0 Å². The minimum Gasteiger partial charge on any atom is -0.208 e. The van der Waals surface area contributed by atoms with E-state index in [4.69, 9.17) is 15.0 Å². The Balaban J connectivity index is 0.00000420. The van der Waals surface area contributed by atoms with Crippen molar-refractivity contribution in [3.05, 3.63) is 210 Å². The third-order valence-corrected chi connectivity index (χ3v) is 12.2. The molecule has 11 rings (SSSR count). The van der Waals surface area contributed by atoms with E-state index in [1.807, 2.05) is 18.2 Å². The molecule has 2 aliphatic rings. The van der Waals surface area contributed by atoms with Crippen molar-refractivity contribution >= 4 is 0 Å². The number of benzene rings is 8. The summed E-state index contributed by atoms with van der Waals surface area (Å²) >= 11 is 0. The SMILES string of the molecule is C.CC1(C)c2ccccc2-c2ccc(-c3nc(-c4ccccc4)nc(-c4cccc5c4Cc4c(-c6ccc(-c7cccc(-c8ccccc8)c7)cc6)cccc4-5)n3)cc21. The van der Waals surface area contributed by atoms with E-state index in [2.05, 4.69) is 184 Å². The molecule has 0 aliphatic heterocycles. The van der Waals surface area contributed by atoms with Crippen LogP contribution in [-0.4, -0.2) is 15.0 Å². The highest BCUT2D eigenvalue weighted by molar-refractivity contribution is 5.90. The minimum atomic E-state index is -0.127. The maximum Gasteiger partial charge on any atom is 0.164 e. The number of aromatic nitrogens is 3. The Morgan fingerprint density at radius 2 is 0.780 bits per heavy atom. The Morgan fingerprint density at radius 1 is 0.322 bits per heavy atom. The van der Waals surface area contributed by atoms with Crippen molar-refractivity contribution in [3.63, 3.8) is 0 Å². The lowest BCUT2D eigenvalue weighted by atomic mass is 9.82. The Bertz CT molecular complexity index is 3040. The summed E-state index contributed by atoms with van der Waals surface area (Å²) in [4.78, 5) is 15.6. The summed E-state index contributed by atoms with van der Waals surface area (Å²) < 4.78 is 0. The molecule has 0 bridgehead atoms. The predicted molar refractivity (Wildman–Crippen MR) is 245 cm³/mol. The van der Waals surface area contributed by atoms with Crippen molar-refractivity contribution in [2.45, 2.75) is 33.1 Å². The molecule has 3 nitrogen and oxygen atoms in total. The third-order valence-electron chi connectivity index (χ3n) is 12.2. The molecule has 282 valence electrons. The summed E-state index contributed by atoms with van der Waals surface area (Å²) in [6.07, 6.45) is 0.796. The van der Waals surface area contributed by atoms with Crippen LogP contribution in [0.15, 0.2) is 188 Å². The van der Waals surface area contributed by atoms with Gasteiger partial charge in [-0.1, -0.05) is 197 Å². The fraction of sp³-hybridized carbons (Fsp3) is 0.0893. The number of nitrogens with zero attached hydrogens (tertiary/aromatic N) is 3. The summed E-state index contributed by atoms with van der Waals surface area (Å²) in [5, 5.41) is 0. The fourth-order valence-corrected chi connectivity index (χ4v) is 9.25. The Morgan fingerprint density at radius 3 is 1.49 bits per heavy atom. The van der Waals surface area contributed by atoms with Gasteiger partial charge in [0.15, 0.2) is 17.5 Å². The van der Waals surface area contributed by atoms with Gasteiger partial charge in [0.25, 0.3) is 0 Å². The molecule has 0 saturated heterocycles. The first-order valence-electron chi connectivity index (χ1n) is 20.1. The molecular formula is C56H43N3. The first kappa shape index (κ1) is 36.1. The zero-order chi connectivity index (χ0) is 38.8. The second-order valence-corrected chi connectivity index (χ2v) is 16.0. The third kappa shape index (κ3) is 6.09. The molecule has 0 N–H and O–H groups in total. The highest BCUT2D eigenvalue weighted by atomic mass is 15.0. The fourth-order valence-electron chi connectivity index (χ4n) is 9.25. The van der Waals surface area contributed by atoms with Crippen molar-refractivity contribution in [3.8, 4) is 89.8 Å². The van der Waals surface area contributed by atoms with Crippen LogP contribution in [0.25, 0.3) is 89.8 Å². The first-order chi connectivity index (χ1) is 28.5. The van der Waals surface area contributed by atoms with Gasteiger partial charge in [-0.25, -0.2) is 15.0 Å². The molecule has 0 unspecified atom stereocenters. The molecule has 3 heteroatoms. The van der Waals surface area contributed by atoms with Crippen molar-refractivity contribution in [1.82, 2.24) is 15.0 Å². The van der Waals surface area contributed by atoms with E-state index >= 15 is 0 Å². The number of fused-ring (bicyclic) bond motifs is 6. The summed E-state index contributed by atoms with van der Waals surface area (Å²) in [7, 11) is 0. The van der Waals surface area contributed by atoms with E-state index in [1.165, 1.54) is 77.9 Å². The summed E-state index contributed by atoms with van der Waals surface area (Å²) in [5.74, 6) is 2.05. The molecule has 0 saturated carbocycles. The average molecular weight is 758 g/mol. The van der Waals surface area contributed by atoms with Crippen molar-refractivity contribution < 1.29 is 0 Å². The monoisotopic (exact) mass is 757 g/mol. The van der Waals surface area contributed by atoms with E-state index in [0.29, 0.717) is 17.5 Å². The van der Waals surface area contributed by atoms with Crippen LogP contribution >= 0.6 is 0 Å². The van der Waals surface area contributed by atoms with Gasteiger partial charge in [0.1, 0.15) is 0 Å². The summed E-state index contributed by atoms with van der Waals surface area (Å²) in [6, 6.07) is 67.5. The smallest absolute Gasteiger partial charge is 0.164 e. The van der Waals surface area contributed by atoms with Crippen LogP contribution in [0.5, 0.6) is 0 Å². The largest absolute Gasteiger partial charge is 0.208 e. The molecule has 2 aliphatic carbocycles. The molecule has 8 aromatic carbocycles. The van der Waals surface area contributed by atoms with Crippen molar-refractivity contribution in [2.75, 3.05) is 0 Å². The van der Waals surface area contributed by atoms with Gasteiger partial charge in [-0.15, -0.1) is 0 Å². The topological polar surface area (TPSA) is 38.7 Å². The van der Waals surface area contributed by atoms with Gasteiger partial charge in [0.2, 0.25) is 0 Å². The van der Waals surface area contributed by atoms with Gasteiger partial charge in [-0.2, -0.15) is 0 Å². The highest BCUT2D eigenvalue weighted by Gasteiger charge is 2.35. The van der Waals surface area contributed by atoms with Gasteiger partial charge in [0, 0.05) is 28.5 Å². The normalized spacial score (nSPS) is 12.8. The standard InChI is InChI=1S/C55H39N3.CH4/c1-55(2)50-25-10-9-20-45(50)46-31-30-41(33-51(46)55)53-56-52(38-16-7-4-8-17-38)57-54(58-53)47-24-13-23-44-43-22-12-21-42(48(43)34-49(44)47)37-28-26-36(27-29-37)40-19-11-18-39(32-40)35-14-5-3-6-15-35;/h3-33H,34H2,1-2H3;1H4. The Labute approximate surface area is 346 Å². The van der Waals surface area contributed by atoms with Crippen LogP contribution in [0, 0.1) is 0 Å². The minimum absolute atomic E-state index is 0. The van der Waals surface area contributed by atoms with Crippen LogP contribution in [0.1, 0.15) is 43.5 Å². The molecule has 0 atom stereocenters. The van der Waals surface area contributed by atoms with Gasteiger partial charge in [0.05, 0.1) is 0 Å². The lowest BCUT2D eigenvalue weighted by Gasteiger charge is -2.21. The van der Waals surface area contributed by atoms with Crippen molar-refractivity contribution in [2.24, 2.45) is 0 Å². The number of hydrogen-bond donors (Lipinski definition) is 0. The molecule has 1 aromatic heterocycles. The molecule has 0 spiro atoms. The number of rotatable bonds is 6. The second-order valence-electron chi connectivity index (χ2n) is 16.0. The Kier molecular flexibility index (Phi) is 8.76. The predicted octanol–water partition coefficient (Wildman–Crippen LogP) is 14.4. The molecule has 0 radical (unpaired) electrons. The lowest BCUT2D eigenvalue weighted by molar-refractivity contribution is 0.660. The zero-order valence-electron chi connectivity index (χ0n) is 32.4. The summed E-state index contributed by atoms with van der Waals surface area (Å²) in [6.45, 7) is 4.63. The van der Waals surface area contributed by atoms with Crippen LogP contribution in [0.2, 0.25) is 0 Å². The molecule has 1 heterocycles. The first-order valence-corrected chi connectivity index (χ1v) is 20.1. The number of hydrogen-bond acceptors (Lipinski definition) is 3. The zero-order valence-corrected chi connectivity index (χ0v) is 32.4. The van der Waals surface area contributed by atoms with Gasteiger partial charge in [-0.05, 0) is 90.0 Å². The van der Waals surface area contributed by atoms with Crippen molar-refractivity contribution in [1.29, 1.82) is 0 Å². The molecule has 59 heavy (non-hydrogen) atoms.